The molecule has 3 amide bonds. The number of aryl methyl sites for hydroxylation is 1. The maximum absolute atomic E-state index is 13.5. The summed E-state index contributed by atoms with van der Waals surface area (Å²) in [6, 6.07) is 6.72. The number of carbonyl (C=O) groups is 4. The molecule has 2 heterocycles. The Hall–Kier alpha value is -3.07. The van der Waals surface area contributed by atoms with Crippen LogP contribution in [0.1, 0.15) is 64.1 Å². The lowest BCUT2D eigenvalue weighted by Gasteiger charge is -2.35. The van der Waals surface area contributed by atoms with Gasteiger partial charge in [0, 0.05) is 25.9 Å². The highest BCUT2D eigenvalue weighted by Gasteiger charge is 2.41. The number of benzene rings is 1. The van der Waals surface area contributed by atoms with Gasteiger partial charge in [-0.3, -0.25) is 14.4 Å². The third-order valence-electron chi connectivity index (χ3n) is 6.41. The minimum atomic E-state index is -0.752. The summed E-state index contributed by atoms with van der Waals surface area (Å²) >= 11 is 1.60. The average Bonchev–Trinajstić information content (AvgIpc) is 3.50. The van der Waals surface area contributed by atoms with E-state index >= 15 is 0 Å². The molecule has 0 aliphatic carbocycles. The second-order valence-corrected chi connectivity index (χ2v) is 11.2. The monoisotopic (exact) mass is 512 g/mol. The molecule has 1 aliphatic heterocycles. The number of unbranched alkanes of at least 4 members (excludes halogenated alkanes) is 1. The van der Waals surface area contributed by atoms with Crippen molar-refractivity contribution in [1.29, 1.82) is 0 Å². The zero-order valence-electron chi connectivity index (χ0n) is 21.5. The Balaban J connectivity index is 1.61. The number of hydrogen-bond donors (Lipinski definition) is 2. The van der Waals surface area contributed by atoms with Gasteiger partial charge in [-0.2, -0.15) is 0 Å². The molecule has 194 valence electrons. The number of carbonyl (C=O) groups excluding carboxylic acids is 4. The van der Waals surface area contributed by atoms with Crippen LogP contribution in [0.4, 0.5) is 0 Å². The molecule has 1 fully saturated rings. The second kappa shape index (κ2) is 12.3. The van der Waals surface area contributed by atoms with E-state index in [9.17, 15) is 19.2 Å². The first kappa shape index (κ1) is 27.5. The van der Waals surface area contributed by atoms with Gasteiger partial charge in [0.2, 0.25) is 17.7 Å². The van der Waals surface area contributed by atoms with Gasteiger partial charge in [0.1, 0.15) is 18.4 Å². The lowest BCUT2D eigenvalue weighted by Crippen LogP contribution is -2.57. The predicted octanol–water partition coefficient (Wildman–Crippen LogP) is 3.63. The fourth-order valence-corrected chi connectivity index (χ4v) is 5.17. The molecule has 0 unspecified atom stereocenters. The summed E-state index contributed by atoms with van der Waals surface area (Å²) in [5.41, 5.74) is 4.37. The number of hydrogen-bond acceptors (Lipinski definition) is 6. The van der Waals surface area contributed by atoms with Crippen LogP contribution in [0.2, 0.25) is 0 Å². The molecule has 3 rings (SSSR count). The van der Waals surface area contributed by atoms with Gasteiger partial charge in [0.15, 0.2) is 0 Å². The quantitative estimate of drug-likeness (QED) is 0.373. The fourth-order valence-electron chi connectivity index (χ4n) is 4.36. The van der Waals surface area contributed by atoms with E-state index in [1.54, 1.807) is 16.2 Å². The number of rotatable bonds is 10. The molecule has 1 saturated heterocycles. The van der Waals surface area contributed by atoms with E-state index in [1.165, 1.54) is 0 Å². The molecule has 0 bridgehead atoms. The molecule has 2 N–H and O–H groups in total. The van der Waals surface area contributed by atoms with Crippen LogP contribution in [0.5, 0.6) is 0 Å². The topological polar surface area (TPSA) is 108 Å². The lowest BCUT2D eigenvalue weighted by atomic mass is 9.85. The van der Waals surface area contributed by atoms with Gasteiger partial charge in [0.25, 0.3) is 0 Å². The van der Waals surface area contributed by atoms with Gasteiger partial charge in [-0.25, -0.2) is 4.98 Å². The highest BCUT2D eigenvalue weighted by molar-refractivity contribution is 7.13. The lowest BCUT2D eigenvalue weighted by molar-refractivity contribution is -0.144. The third kappa shape index (κ3) is 7.00. The molecule has 9 heteroatoms. The van der Waals surface area contributed by atoms with Gasteiger partial charge in [-0.05, 0) is 42.7 Å². The van der Waals surface area contributed by atoms with Crippen molar-refractivity contribution in [2.24, 2.45) is 5.41 Å². The molecular weight excluding hydrogens is 476 g/mol. The van der Waals surface area contributed by atoms with Crippen LogP contribution in [0.3, 0.4) is 0 Å². The summed E-state index contributed by atoms with van der Waals surface area (Å²) < 4.78 is 0. The van der Waals surface area contributed by atoms with Gasteiger partial charge in [-0.1, -0.05) is 45.0 Å². The Morgan fingerprint density at radius 3 is 2.56 bits per heavy atom. The number of nitrogens with zero attached hydrogens (tertiary/aromatic N) is 2. The Labute approximate surface area is 216 Å². The largest absolute Gasteiger partial charge is 0.350 e. The van der Waals surface area contributed by atoms with Crippen LogP contribution in [-0.4, -0.2) is 52.5 Å². The van der Waals surface area contributed by atoms with Crippen LogP contribution in [-0.2, 0) is 25.7 Å². The first-order valence-corrected chi connectivity index (χ1v) is 13.3. The normalized spacial score (nSPS) is 16.4. The first-order chi connectivity index (χ1) is 17.1. The van der Waals surface area contributed by atoms with Crippen LogP contribution in [0.15, 0.2) is 29.8 Å². The predicted molar refractivity (Wildman–Crippen MR) is 140 cm³/mol. The molecule has 0 saturated carbocycles. The maximum Gasteiger partial charge on any atom is 0.246 e. The molecule has 0 radical (unpaired) electrons. The fraction of sp³-hybridized carbons (Fsp3) is 0.519. The van der Waals surface area contributed by atoms with Crippen molar-refractivity contribution in [1.82, 2.24) is 20.5 Å². The van der Waals surface area contributed by atoms with Gasteiger partial charge in [-0.15, -0.1) is 11.3 Å². The van der Waals surface area contributed by atoms with Crippen molar-refractivity contribution in [2.45, 2.75) is 78.4 Å². The first-order valence-electron chi connectivity index (χ1n) is 12.4. The Morgan fingerprint density at radius 1 is 1.22 bits per heavy atom. The minimum absolute atomic E-state index is 0.184. The molecule has 36 heavy (non-hydrogen) atoms. The van der Waals surface area contributed by atoms with E-state index in [0.717, 1.165) is 34.4 Å². The third-order valence-corrected chi connectivity index (χ3v) is 7.39. The van der Waals surface area contributed by atoms with Crippen molar-refractivity contribution < 1.29 is 19.2 Å². The van der Waals surface area contributed by atoms with Crippen LogP contribution in [0, 0.1) is 12.3 Å². The average molecular weight is 513 g/mol. The summed E-state index contributed by atoms with van der Waals surface area (Å²) in [4.78, 5) is 56.5. The Kier molecular flexibility index (Phi) is 9.37. The minimum Gasteiger partial charge on any atom is -0.350 e. The van der Waals surface area contributed by atoms with Crippen molar-refractivity contribution >= 4 is 35.3 Å². The molecule has 1 aromatic carbocycles. The second-order valence-electron chi connectivity index (χ2n) is 10.3. The van der Waals surface area contributed by atoms with E-state index in [1.807, 2.05) is 57.5 Å². The standard InChI is InChI=1S/C27H36N4O4S/c1-18-23(36-17-29-18)20-12-10-19(11-13-20)16-28-25(34)21-8-7-14-31(21)26(35)24(27(2,3)4)30-22(33)9-5-6-15-32/h10-13,15,17,21,24H,5-9,14,16H2,1-4H3,(H,28,34)(H,30,33)/t21-,24+/m0/s1. The number of aromatic nitrogens is 1. The summed E-state index contributed by atoms with van der Waals surface area (Å²) in [5.74, 6) is -0.691. The zero-order valence-corrected chi connectivity index (χ0v) is 22.3. The number of likely N-dealkylation sites (tertiary alicyclic amines) is 1. The number of nitrogens with one attached hydrogen (secondary N) is 2. The Bertz CT molecular complexity index is 1070. The number of amides is 3. The highest BCUT2D eigenvalue weighted by atomic mass is 32.1. The van der Waals surface area contributed by atoms with E-state index in [0.29, 0.717) is 32.4 Å². The summed E-state index contributed by atoms with van der Waals surface area (Å²) in [6.07, 6.45) is 3.04. The van der Waals surface area contributed by atoms with E-state index in [2.05, 4.69) is 15.6 Å². The van der Waals surface area contributed by atoms with E-state index in [4.69, 9.17) is 0 Å². The van der Waals surface area contributed by atoms with Crippen molar-refractivity contribution in [3.05, 3.63) is 41.0 Å². The van der Waals surface area contributed by atoms with Gasteiger partial charge in [0.05, 0.1) is 16.1 Å². The van der Waals surface area contributed by atoms with Gasteiger partial charge < -0.3 is 20.3 Å². The van der Waals surface area contributed by atoms with Crippen LogP contribution >= 0.6 is 11.3 Å². The smallest absolute Gasteiger partial charge is 0.246 e. The van der Waals surface area contributed by atoms with Crippen molar-refractivity contribution in [3.8, 4) is 10.4 Å². The Morgan fingerprint density at radius 2 is 1.94 bits per heavy atom. The van der Waals surface area contributed by atoms with Crippen molar-refractivity contribution in [2.75, 3.05) is 6.54 Å². The highest BCUT2D eigenvalue weighted by Crippen LogP contribution is 2.28. The molecule has 1 aromatic heterocycles. The molecule has 2 aromatic rings. The molecular formula is C27H36N4O4S. The van der Waals surface area contributed by atoms with Crippen LogP contribution in [0.25, 0.3) is 10.4 Å². The van der Waals surface area contributed by atoms with E-state index in [-0.39, 0.29) is 24.1 Å². The molecule has 0 spiro atoms. The molecule has 1 aliphatic rings. The summed E-state index contributed by atoms with van der Waals surface area (Å²) in [5, 5.41) is 5.83. The maximum atomic E-state index is 13.5. The summed E-state index contributed by atoms with van der Waals surface area (Å²) in [7, 11) is 0. The zero-order chi connectivity index (χ0) is 26.3. The van der Waals surface area contributed by atoms with Crippen LogP contribution < -0.4 is 10.6 Å². The van der Waals surface area contributed by atoms with Gasteiger partial charge >= 0.3 is 0 Å². The number of thiazole rings is 1. The summed E-state index contributed by atoms with van der Waals surface area (Å²) in [6.45, 7) is 8.51. The number of aldehydes is 1. The van der Waals surface area contributed by atoms with E-state index < -0.39 is 17.5 Å². The van der Waals surface area contributed by atoms with Crippen molar-refractivity contribution in [3.63, 3.8) is 0 Å². The SMILES string of the molecule is Cc1ncsc1-c1ccc(CNC(=O)[C@@H]2CCCN2C(=O)[C@@H](NC(=O)CCCC=O)C(C)(C)C)cc1. The molecule has 8 nitrogen and oxygen atoms in total. The molecule has 2 atom stereocenters.